The standard InChI is InChI=1S/C23H28N4O3/c1-3-6-18-17(4-2)7-5-8-19(18)22(28)27-21-20(24-11-12-25-21)23(29)26-15-16-9-13-30-14-10-16/h4-8,11-12,16H,3,9-10,13-15H2,1-2H3,(H,26,29)(H,25,27,28)/b17-4-,18-6+. The van der Waals surface area contributed by atoms with E-state index in [0.29, 0.717) is 18.0 Å². The number of carbonyl (C=O) groups excluding carboxylic acids is 2. The van der Waals surface area contributed by atoms with Gasteiger partial charge in [-0.25, -0.2) is 9.97 Å². The first-order valence-corrected chi connectivity index (χ1v) is 10.4. The van der Waals surface area contributed by atoms with Gasteiger partial charge in [0.1, 0.15) is 0 Å². The van der Waals surface area contributed by atoms with Gasteiger partial charge in [0.05, 0.1) is 0 Å². The predicted octanol–water partition coefficient (Wildman–Crippen LogP) is 1.88. The zero-order valence-corrected chi connectivity index (χ0v) is 17.5. The van der Waals surface area contributed by atoms with E-state index >= 15 is 0 Å². The molecule has 2 heterocycles. The lowest BCUT2D eigenvalue weighted by Crippen LogP contribution is -2.35. The van der Waals surface area contributed by atoms with Crippen LogP contribution in [-0.2, 0) is 4.74 Å². The van der Waals surface area contributed by atoms with Crippen LogP contribution in [0.25, 0.3) is 12.2 Å². The summed E-state index contributed by atoms with van der Waals surface area (Å²) < 4.78 is 5.35. The molecule has 0 aliphatic carbocycles. The first kappa shape index (κ1) is 21.6. The van der Waals surface area contributed by atoms with E-state index in [0.717, 1.165) is 42.9 Å². The highest BCUT2D eigenvalue weighted by atomic mass is 16.5. The van der Waals surface area contributed by atoms with Crippen LogP contribution in [-0.4, -0.2) is 41.5 Å². The predicted molar refractivity (Wildman–Crippen MR) is 116 cm³/mol. The fourth-order valence-electron chi connectivity index (χ4n) is 3.51. The number of ether oxygens (including phenoxy) is 1. The number of hydrogen-bond acceptors (Lipinski definition) is 5. The van der Waals surface area contributed by atoms with Crippen molar-refractivity contribution in [1.29, 1.82) is 0 Å². The van der Waals surface area contributed by atoms with E-state index < -0.39 is 0 Å². The number of rotatable bonds is 6. The molecular weight excluding hydrogens is 380 g/mol. The lowest BCUT2D eigenvalue weighted by molar-refractivity contribution is 0.0642. The third-order valence-electron chi connectivity index (χ3n) is 5.14. The van der Waals surface area contributed by atoms with Crippen LogP contribution in [0.4, 0.5) is 5.82 Å². The summed E-state index contributed by atoms with van der Waals surface area (Å²) in [4.78, 5) is 34.0. The van der Waals surface area contributed by atoms with E-state index in [2.05, 4.69) is 20.6 Å². The molecule has 0 radical (unpaired) electrons. The molecule has 1 aromatic heterocycles. The fourth-order valence-corrected chi connectivity index (χ4v) is 3.51. The average Bonchev–Trinajstić information content (AvgIpc) is 2.78. The van der Waals surface area contributed by atoms with Gasteiger partial charge in [-0.2, -0.15) is 0 Å². The Morgan fingerprint density at radius 2 is 1.93 bits per heavy atom. The summed E-state index contributed by atoms with van der Waals surface area (Å²) in [5, 5.41) is 7.54. The van der Waals surface area contributed by atoms with Crippen molar-refractivity contribution in [2.24, 2.45) is 5.92 Å². The zero-order chi connectivity index (χ0) is 21.3. The Bertz CT molecular complexity index is 1010. The van der Waals surface area contributed by atoms with Gasteiger partial charge >= 0.3 is 0 Å². The van der Waals surface area contributed by atoms with E-state index in [1.807, 2.05) is 38.1 Å². The molecule has 2 aromatic rings. The van der Waals surface area contributed by atoms with Crippen LogP contribution in [0.15, 0.2) is 30.6 Å². The van der Waals surface area contributed by atoms with Crippen LogP contribution < -0.4 is 21.1 Å². The Balaban J connectivity index is 1.79. The smallest absolute Gasteiger partial charge is 0.273 e. The average molecular weight is 409 g/mol. The molecule has 1 saturated heterocycles. The highest BCUT2D eigenvalue weighted by Gasteiger charge is 2.20. The lowest BCUT2D eigenvalue weighted by atomic mass is 10.0. The molecule has 2 N–H and O–H groups in total. The van der Waals surface area contributed by atoms with Crippen molar-refractivity contribution < 1.29 is 14.3 Å². The van der Waals surface area contributed by atoms with Gasteiger partial charge in [0.25, 0.3) is 11.8 Å². The van der Waals surface area contributed by atoms with Crippen molar-refractivity contribution in [2.75, 3.05) is 25.1 Å². The molecule has 0 saturated carbocycles. The van der Waals surface area contributed by atoms with Gasteiger partial charge in [-0.05, 0) is 48.6 Å². The summed E-state index contributed by atoms with van der Waals surface area (Å²) in [5.74, 6) is -0.129. The van der Waals surface area contributed by atoms with Gasteiger partial charge in [0, 0.05) is 37.7 Å². The Morgan fingerprint density at radius 3 is 2.67 bits per heavy atom. The van der Waals surface area contributed by atoms with Crippen molar-refractivity contribution in [3.8, 4) is 0 Å². The van der Waals surface area contributed by atoms with Gasteiger partial charge in [0.15, 0.2) is 11.5 Å². The van der Waals surface area contributed by atoms with Crippen molar-refractivity contribution in [3.05, 3.63) is 52.3 Å². The highest BCUT2D eigenvalue weighted by Crippen LogP contribution is 2.14. The van der Waals surface area contributed by atoms with Gasteiger partial charge < -0.3 is 15.4 Å². The number of nitrogens with one attached hydrogen (secondary N) is 2. The number of anilines is 1. The van der Waals surface area contributed by atoms with Crippen LogP contribution in [0, 0.1) is 5.92 Å². The van der Waals surface area contributed by atoms with Crippen LogP contribution in [0.1, 0.15) is 54.0 Å². The summed E-state index contributed by atoms with van der Waals surface area (Å²) in [7, 11) is 0. The molecule has 7 nitrogen and oxygen atoms in total. The quantitative estimate of drug-likeness (QED) is 0.761. The molecule has 2 amide bonds. The Kier molecular flexibility index (Phi) is 7.68. The number of benzene rings is 1. The van der Waals surface area contributed by atoms with Crippen LogP contribution >= 0.6 is 0 Å². The summed E-state index contributed by atoms with van der Waals surface area (Å²) in [6.45, 7) is 5.96. The number of carbonyl (C=O) groups is 2. The van der Waals surface area contributed by atoms with Crippen molar-refractivity contribution in [1.82, 2.24) is 15.3 Å². The van der Waals surface area contributed by atoms with Gasteiger partial charge in [0.2, 0.25) is 0 Å². The van der Waals surface area contributed by atoms with E-state index in [9.17, 15) is 9.59 Å². The molecule has 30 heavy (non-hydrogen) atoms. The maximum atomic E-state index is 13.0. The Labute approximate surface area is 176 Å². The summed E-state index contributed by atoms with van der Waals surface area (Å²) in [6, 6.07) is 5.58. The van der Waals surface area contributed by atoms with Crippen molar-refractivity contribution in [3.63, 3.8) is 0 Å². The molecule has 0 atom stereocenters. The van der Waals surface area contributed by atoms with Crippen LogP contribution in [0.3, 0.4) is 0 Å². The first-order chi connectivity index (χ1) is 14.6. The number of amides is 2. The second-order valence-electron chi connectivity index (χ2n) is 7.18. The lowest BCUT2D eigenvalue weighted by Gasteiger charge is -2.22. The molecule has 1 aliphatic heterocycles. The van der Waals surface area contributed by atoms with E-state index in [-0.39, 0.29) is 23.3 Å². The fraction of sp³-hybridized carbons (Fsp3) is 0.391. The zero-order valence-electron chi connectivity index (χ0n) is 17.5. The SMILES string of the molecule is C/C=c1/cccc(C(=O)Nc2nccnc2C(=O)NCC2CCOCC2)/c1=C/CC. The third kappa shape index (κ3) is 5.30. The molecule has 0 spiro atoms. The van der Waals surface area contributed by atoms with E-state index in [1.165, 1.54) is 12.4 Å². The van der Waals surface area contributed by atoms with Gasteiger partial charge in [-0.3, -0.25) is 9.59 Å². The maximum absolute atomic E-state index is 13.0. The molecule has 158 valence electrons. The second-order valence-corrected chi connectivity index (χ2v) is 7.18. The highest BCUT2D eigenvalue weighted by molar-refractivity contribution is 6.07. The summed E-state index contributed by atoms with van der Waals surface area (Å²) >= 11 is 0. The van der Waals surface area contributed by atoms with Gasteiger partial charge in [-0.1, -0.05) is 31.2 Å². The summed E-state index contributed by atoms with van der Waals surface area (Å²) in [5.41, 5.74) is 0.642. The molecular formula is C23H28N4O3. The monoisotopic (exact) mass is 408 g/mol. The van der Waals surface area contributed by atoms with Crippen LogP contribution in [0.5, 0.6) is 0 Å². The number of aromatic nitrogens is 2. The minimum absolute atomic E-state index is 0.108. The minimum Gasteiger partial charge on any atom is -0.381 e. The summed E-state index contributed by atoms with van der Waals surface area (Å²) in [6.07, 6.45) is 9.54. The largest absolute Gasteiger partial charge is 0.381 e. The third-order valence-corrected chi connectivity index (χ3v) is 5.14. The maximum Gasteiger partial charge on any atom is 0.273 e. The Morgan fingerprint density at radius 1 is 1.17 bits per heavy atom. The molecule has 0 bridgehead atoms. The van der Waals surface area contributed by atoms with Crippen molar-refractivity contribution >= 4 is 29.8 Å². The van der Waals surface area contributed by atoms with E-state index in [4.69, 9.17) is 4.74 Å². The number of nitrogens with zero attached hydrogens (tertiary/aromatic N) is 2. The number of hydrogen-bond donors (Lipinski definition) is 2. The topological polar surface area (TPSA) is 93.2 Å². The van der Waals surface area contributed by atoms with Gasteiger partial charge in [-0.15, -0.1) is 0 Å². The second kappa shape index (κ2) is 10.6. The molecule has 1 aromatic carbocycles. The van der Waals surface area contributed by atoms with Crippen LogP contribution in [0.2, 0.25) is 0 Å². The Hall–Kier alpha value is -3.06. The molecule has 7 heteroatoms. The molecule has 0 unspecified atom stereocenters. The molecule has 3 rings (SSSR count). The first-order valence-electron chi connectivity index (χ1n) is 10.4. The minimum atomic E-state index is -0.346. The van der Waals surface area contributed by atoms with E-state index in [1.54, 1.807) is 6.07 Å². The molecule has 1 fully saturated rings. The molecule has 1 aliphatic rings. The normalized spacial score (nSPS) is 15.8. The van der Waals surface area contributed by atoms with Crippen molar-refractivity contribution in [2.45, 2.75) is 33.1 Å².